The SMILES string of the molecule is COc1cccc(CNCC(O)COc2ccc(-c3nc4cc(Br)cnc4[nH]3)cc2)c1. The van der Waals surface area contributed by atoms with E-state index in [1.807, 2.05) is 54.6 Å². The first-order chi connectivity index (χ1) is 15.1. The van der Waals surface area contributed by atoms with E-state index in [4.69, 9.17) is 9.47 Å². The van der Waals surface area contributed by atoms with E-state index in [1.165, 1.54) is 0 Å². The topological polar surface area (TPSA) is 92.3 Å². The molecule has 0 fully saturated rings. The lowest BCUT2D eigenvalue weighted by Crippen LogP contribution is -2.31. The van der Waals surface area contributed by atoms with Gasteiger partial charge >= 0.3 is 0 Å². The third kappa shape index (κ3) is 5.61. The molecule has 31 heavy (non-hydrogen) atoms. The van der Waals surface area contributed by atoms with E-state index in [0.29, 0.717) is 18.8 Å². The molecule has 2 heterocycles. The maximum absolute atomic E-state index is 10.2. The van der Waals surface area contributed by atoms with Crippen molar-refractivity contribution in [1.82, 2.24) is 20.3 Å². The summed E-state index contributed by atoms with van der Waals surface area (Å²) in [4.78, 5) is 12.1. The van der Waals surface area contributed by atoms with Crippen LogP contribution >= 0.6 is 15.9 Å². The summed E-state index contributed by atoms with van der Waals surface area (Å²) in [6, 6.07) is 17.3. The van der Waals surface area contributed by atoms with Crippen LogP contribution in [0.15, 0.2) is 65.3 Å². The van der Waals surface area contributed by atoms with Crippen LogP contribution in [0.1, 0.15) is 5.56 Å². The Labute approximate surface area is 188 Å². The molecule has 7 nitrogen and oxygen atoms in total. The quantitative estimate of drug-likeness (QED) is 0.334. The lowest BCUT2D eigenvalue weighted by Gasteiger charge is -2.14. The van der Waals surface area contributed by atoms with E-state index in [-0.39, 0.29) is 6.61 Å². The van der Waals surface area contributed by atoms with Crippen LogP contribution in [-0.2, 0) is 6.54 Å². The molecule has 0 saturated heterocycles. The van der Waals surface area contributed by atoms with Crippen LogP contribution in [-0.4, -0.2) is 46.4 Å². The van der Waals surface area contributed by atoms with E-state index in [0.717, 1.165) is 38.3 Å². The molecule has 2 aromatic carbocycles. The fourth-order valence-corrected chi connectivity index (χ4v) is 3.45. The number of aromatic nitrogens is 3. The van der Waals surface area contributed by atoms with Gasteiger partial charge in [0, 0.05) is 29.3 Å². The van der Waals surface area contributed by atoms with Gasteiger partial charge < -0.3 is 24.9 Å². The molecular weight excluding hydrogens is 460 g/mol. The number of halogens is 1. The Balaban J connectivity index is 1.26. The molecule has 0 radical (unpaired) electrons. The van der Waals surface area contributed by atoms with Crippen molar-refractivity contribution in [1.29, 1.82) is 0 Å². The van der Waals surface area contributed by atoms with Gasteiger partial charge in [-0.2, -0.15) is 0 Å². The van der Waals surface area contributed by atoms with Crippen molar-refractivity contribution in [2.75, 3.05) is 20.3 Å². The molecule has 4 aromatic rings. The number of benzene rings is 2. The molecule has 0 spiro atoms. The van der Waals surface area contributed by atoms with Crippen LogP contribution < -0.4 is 14.8 Å². The molecule has 8 heteroatoms. The summed E-state index contributed by atoms with van der Waals surface area (Å²) in [6.45, 7) is 1.27. The van der Waals surface area contributed by atoms with Crippen molar-refractivity contribution < 1.29 is 14.6 Å². The Morgan fingerprint density at radius 1 is 1.13 bits per heavy atom. The third-order valence-corrected chi connectivity index (χ3v) is 5.15. The number of rotatable bonds is 9. The van der Waals surface area contributed by atoms with Crippen LogP contribution in [0.2, 0.25) is 0 Å². The number of hydrogen-bond donors (Lipinski definition) is 3. The largest absolute Gasteiger partial charge is 0.497 e. The van der Waals surface area contributed by atoms with Crippen molar-refractivity contribution in [3.05, 3.63) is 70.8 Å². The molecule has 0 bridgehead atoms. The van der Waals surface area contributed by atoms with Crippen LogP contribution in [0.3, 0.4) is 0 Å². The summed E-state index contributed by atoms with van der Waals surface area (Å²) in [5.41, 5.74) is 3.57. The Morgan fingerprint density at radius 2 is 1.97 bits per heavy atom. The van der Waals surface area contributed by atoms with Gasteiger partial charge in [-0.25, -0.2) is 9.97 Å². The van der Waals surface area contributed by atoms with E-state index < -0.39 is 6.10 Å². The minimum Gasteiger partial charge on any atom is -0.497 e. The van der Waals surface area contributed by atoms with Gasteiger partial charge in [-0.15, -0.1) is 0 Å². The summed E-state index contributed by atoms with van der Waals surface area (Å²) >= 11 is 3.41. The highest BCUT2D eigenvalue weighted by atomic mass is 79.9. The number of nitrogens with one attached hydrogen (secondary N) is 2. The predicted molar refractivity (Wildman–Crippen MR) is 123 cm³/mol. The molecule has 0 aliphatic heterocycles. The molecule has 0 amide bonds. The Morgan fingerprint density at radius 3 is 2.77 bits per heavy atom. The lowest BCUT2D eigenvalue weighted by molar-refractivity contribution is 0.106. The summed E-state index contributed by atoms with van der Waals surface area (Å²) in [7, 11) is 1.65. The van der Waals surface area contributed by atoms with E-state index in [9.17, 15) is 5.11 Å². The molecule has 0 aliphatic rings. The number of pyridine rings is 1. The fraction of sp³-hybridized carbons (Fsp3) is 0.217. The van der Waals surface area contributed by atoms with E-state index in [1.54, 1.807) is 13.3 Å². The van der Waals surface area contributed by atoms with Crippen molar-refractivity contribution in [3.63, 3.8) is 0 Å². The highest BCUT2D eigenvalue weighted by molar-refractivity contribution is 9.10. The highest BCUT2D eigenvalue weighted by Gasteiger charge is 2.09. The first-order valence-corrected chi connectivity index (χ1v) is 10.7. The molecule has 0 aliphatic carbocycles. The van der Waals surface area contributed by atoms with E-state index in [2.05, 4.69) is 36.2 Å². The Kier molecular flexibility index (Phi) is 6.81. The van der Waals surface area contributed by atoms with Gasteiger partial charge in [0.25, 0.3) is 0 Å². The third-order valence-electron chi connectivity index (χ3n) is 4.72. The summed E-state index contributed by atoms with van der Waals surface area (Å²) in [5.74, 6) is 2.25. The summed E-state index contributed by atoms with van der Waals surface area (Å²) < 4.78 is 11.8. The van der Waals surface area contributed by atoms with Crippen molar-refractivity contribution in [2.45, 2.75) is 12.6 Å². The van der Waals surface area contributed by atoms with Gasteiger partial charge in [0.2, 0.25) is 0 Å². The Hall–Kier alpha value is -2.94. The first kappa shape index (κ1) is 21.3. The molecule has 160 valence electrons. The zero-order valence-electron chi connectivity index (χ0n) is 17.0. The molecule has 1 unspecified atom stereocenters. The maximum Gasteiger partial charge on any atom is 0.157 e. The van der Waals surface area contributed by atoms with Gasteiger partial charge in [0.15, 0.2) is 5.65 Å². The zero-order chi connectivity index (χ0) is 21.6. The van der Waals surface area contributed by atoms with Crippen LogP contribution in [0.4, 0.5) is 0 Å². The monoisotopic (exact) mass is 482 g/mol. The molecule has 3 N–H and O–H groups in total. The summed E-state index contributed by atoms with van der Waals surface area (Å²) in [5, 5.41) is 13.4. The number of aromatic amines is 1. The second-order valence-corrected chi connectivity index (χ2v) is 7.99. The first-order valence-electron chi connectivity index (χ1n) is 9.87. The second kappa shape index (κ2) is 9.91. The standard InChI is InChI=1S/C23H23BrN4O3/c1-30-20-4-2-3-15(9-20)11-25-13-18(29)14-31-19-7-5-16(6-8-19)22-27-21-10-17(24)12-26-23(21)28-22/h2-10,12,18,25,29H,11,13-14H2,1H3,(H,26,27,28). The molecule has 4 rings (SSSR count). The van der Waals surface area contributed by atoms with Crippen molar-refractivity contribution in [2.24, 2.45) is 0 Å². The van der Waals surface area contributed by atoms with Gasteiger partial charge in [0.1, 0.15) is 35.6 Å². The molecular formula is C23H23BrN4O3. The molecule has 1 atom stereocenters. The normalized spacial score (nSPS) is 12.1. The maximum atomic E-state index is 10.2. The second-order valence-electron chi connectivity index (χ2n) is 7.08. The Bertz CT molecular complexity index is 1150. The number of fused-ring (bicyclic) bond motifs is 1. The number of aliphatic hydroxyl groups is 1. The van der Waals surface area contributed by atoms with Crippen molar-refractivity contribution in [3.8, 4) is 22.9 Å². The average Bonchev–Trinajstić information content (AvgIpc) is 3.21. The van der Waals surface area contributed by atoms with E-state index >= 15 is 0 Å². The number of imidazole rings is 1. The van der Waals surface area contributed by atoms with Crippen LogP contribution in [0.25, 0.3) is 22.6 Å². The number of H-pyrrole nitrogens is 1. The zero-order valence-corrected chi connectivity index (χ0v) is 18.6. The molecule has 0 saturated carbocycles. The number of hydrogen-bond acceptors (Lipinski definition) is 6. The summed E-state index contributed by atoms with van der Waals surface area (Å²) in [6.07, 6.45) is 1.11. The fourth-order valence-electron chi connectivity index (χ4n) is 3.13. The average molecular weight is 483 g/mol. The van der Waals surface area contributed by atoms with Gasteiger partial charge in [-0.1, -0.05) is 12.1 Å². The smallest absolute Gasteiger partial charge is 0.157 e. The van der Waals surface area contributed by atoms with Gasteiger partial charge in [-0.05, 0) is 64.0 Å². The van der Waals surface area contributed by atoms with Crippen LogP contribution in [0, 0.1) is 0 Å². The number of methoxy groups -OCH3 is 1. The number of nitrogens with zero attached hydrogens (tertiary/aromatic N) is 2. The number of ether oxygens (including phenoxy) is 2. The number of aliphatic hydroxyl groups excluding tert-OH is 1. The molecule has 2 aromatic heterocycles. The van der Waals surface area contributed by atoms with Gasteiger partial charge in [0.05, 0.1) is 7.11 Å². The van der Waals surface area contributed by atoms with Gasteiger partial charge in [-0.3, -0.25) is 0 Å². The minimum atomic E-state index is -0.620. The highest BCUT2D eigenvalue weighted by Crippen LogP contribution is 2.23. The van der Waals surface area contributed by atoms with Crippen molar-refractivity contribution >= 4 is 27.1 Å². The predicted octanol–water partition coefficient (Wildman–Crippen LogP) is 3.93. The van der Waals surface area contributed by atoms with Crippen LogP contribution in [0.5, 0.6) is 11.5 Å². The lowest BCUT2D eigenvalue weighted by atomic mass is 10.2. The minimum absolute atomic E-state index is 0.201.